The van der Waals surface area contributed by atoms with E-state index in [9.17, 15) is 0 Å². The largest absolute Gasteiger partial charge is 0.377 e. The Morgan fingerprint density at radius 3 is 2.70 bits per heavy atom. The SMILES string of the molecule is CC(C)OCCN(C)Cc1cnn(-c2ccccc2)c1. The summed E-state index contributed by atoms with van der Waals surface area (Å²) in [5, 5.41) is 4.41. The fourth-order valence-electron chi connectivity index (χ4n) is 2.00. The molecule has 1 aromatic carbocycles. The van der Waals surface area contributed by atoms with E-state index in [0.29, 0.717) is 6.10 Å². The van der Waals surface area contributed by atoms with Crippen LogP contribution in [0.15, 0.2) is 42.7 Å². The average Bonchev–Trinajstić information content (AvgIpc) is 2.88. The van der Waals surface area contributed by atoms with Gasteiger partial charge in [0, 0.05) is 24.8 Å². The standard InChI is InChI=1S/C16H23N3O/c1-14(2)20-10-9-18(3)12-15-11-17-19(13-15)16-7-5-4-6-8-16/h4-8,11,13-14H,9-10,12H2,1-3H3. The number of hydrogen-bond acceptors (Lipinski definition) is 3. The molecule has 0 radical (unpaired) electrons. The Hall–Kier alpha value is -1.65. The van der Waals surface area contributed by atoms with Crippen LogP contribution in [-0.2, 0) is 11.3 Å². The maximum Gasteiger partial charge on any atom is 0.0645 e. The lowest BCUT2D eigenvalue weighted by Gasteiger charge is -2.16. The van der Waals surface area contributed by atoms with Crippen molar-refractivity contribution in [2.24, 2.45) is 0 Å². The number of ether oxygens (including phenoxy) is 1. The second-order valence-electron chi connectivity index (χ2n) is 5.29. The summed E-state index contributed by atoms with van der Waals surface area (Å²) in [5.74, 6) is 0. The van der Waals surface area contributed by atoms with Crippen molar-refractivity contribution in [3.63, 3.8) is 0 Å². The van der Waals surface area contributed by atoms with Gasteiger partial charge in [-0.05, 0) is 33.0 Å². The maximum absolute atomic E-state index is 5.56. The van der Waals surface area contributed by atoms with E-state index in [-0.39, 0.29) is 0 Å². The molecule has 0 spiro atoms. The number of likely N-dealkylation sites (N-methyl/N-ethyl adjacent to an activating group) is 1. The Morgan fingerprint density at radius 2 is 2.00 bits per heavy atom. The highest BCUT2D eigenvalue weighted by Gasteiger charge is 2.04. The van der Waals surface area contributed by atoms with Crippen LogP contribution in [-0.4, -0.2) is 41.0 Å². The minimum absolute atomic E-state index is 0.296. The molecule has 0 N–H and O–H groups in total. The lowest BCUT2D eigenvalue weighted by Crippen LogP contribution is -2.23. The van der Waals surface area contributed by atoms with E-state index in [0.717, 1.165) is 25.4 Å². The fraction of sp³-hybridized carbons (Fsp3) is 0.438. The van der Waals surface area contributed by atoms with E-state index < -0.39 is 0 Å². The highest BCUT2D eigenvalue weighted by molar-refractivity contribution is 5.30. The van der Waals surface area contributed by atoms with Crippen molar-refractivity contribution in [2.45, 2.75) is 26.5 Å². The van der Waals surface area contributed by atoms with Crippen molar-refractivity contribution >= 4 is 0 Å². The first kappa shape index (κ1) is 14.8. The normalized spacial score (nSPS) is 11.4. The smallest absolute Gasteiger partial charge is 0.0645 e. The Kier molecular flexibility index (Phi) is 5.32. The molecular weight excluding hydrogens is 250 g/mol. The fourth-order valence-corrected chi connectivity index (χ4v) is 2.00. The van der Waals surface area contributed by atoms with Crippen LogP contribution in [0.1, 0.15) is 19.4 Å². The van der Waals surface area contributed by atoms with Crippen molar-refractivity contribution in [1.29, 1.82) is 0 Å². The maximum atomic E-state index is 5.56. The summed E-state index contributed by atoms with van der Waals surface area (Å²) in [6, 6.07) is 10.2. The molecule has 0 unspecified atom stereocenters. The zero-order valence-electron chi connectivity index (χ0n) is 12.5. The van der Waals surface area contributed by atoms with Gasteiger partial charge in [0.2, 0.25) is 0 Å². The second-order valence-corrected chi connectivity index (χ2v) is 5.29. The predicted molar refractivity (Wildman–Crippen MR) is 81.0 cm³/mol. The van der Waals surface area contributed by atoms with Crippen LogP contribution in [0.25, 0.3) is 5.69 Å². The van der Waals surface area contributed by atoms with Crippen molar-refractivity contribution < 1.29 is 4.74 Å². The molecule has 0 fully saturated rings. The van der Waals surface area contributed by atoms with Gasteiger partial charge in [-0.3, -0.25) is 4.90 Å². The molecule has 1 heterocycles. The Balaban J connectivity index is 1.86. The van der Waals surface area contributed by atoms with Gasteiger partial charge >= 0.3 is 0 Å². The van der Waals surface area contributed by atoms with Crippen molar-refractivity contribution in [3.05, 3.63) is 48.3 Å². The van der Waals surface area contributed by atoms with Crippen molar-refractivity contribution in [1.82, 2.24) is 14.7 Å². The molecule has 0 bridgehead atoms. The summed E-state index contributed by atoms with van der Waals surface area (Å²) < 4.78 is 7.47. The van der Waals surface area contributed by atoms with Crippen LogP contribution in [0.2, 0.25) is 0 Å². The summed E-state index contributed by atoms with van der Waals surface area (Å²) in [5.41, 5.74) is 2.30. The van der Waals surface area contributed by atoms with E-state index in [1.54, 1.807) is 0 Å². The van der Waals surface area contributed by atoms with Crippen molar-refractivity contribution in [2.75, 3.05) is 20.2 Å². The third-order valence-corrected chi connectivity index (χ3v) is 3.03. The minimum atomic E-state index is 0.296. The van der Waals surface area contributed by atoms with E-state index in [2.05, 4.69) is 49.2 Å². The van der Waals surface area contributed by atoms with Crippen LogP contribution >= 0.6 is 0 Å². The first-order valence-corrected chi connectivity index (χ1v) is 7.04. The molecule has 4 nitrogen and oxygen atoms in total. The second kappa shape index (κ2) is 7.22. The zero-order chi connectivity index (χ0) is 14.4. The first-order chi connectivity index (χ1) is 9.65. The molecule has 20 heavy (non-hydrogen) atoms. The lowest BCUT2D eigenvalue weighted by atomic mass is 10.3. The summed E-state index contributed by atoms with van der Waals surface area (Å²) in [6.45, 7) is 6.69. The predicted octanol–water partition coefficient (Wildman–Crippen LogP) is 2.73. The Labute approximate surface area is 121 Å². The number of hydrogen-bond donors (Lipinski definition) is 0. The number of aromatic nitrogens is 2. The van der Waals surface area contributed by atoms with Crippen LogP contribution < -0.4 is 0 Å². The van der Waals surface area contributed by atoms with Gasteiger partial charge in [-0.2, -0.15) is 5.10 Å². The molecule has 0 aliphatic rings. The van der Waals surface area contributed by atoms with Gasteiger partial charge in [0.05, 0.1) is 24.6 Å². The van der Waals surface area contributed by atoms with Crippen molar-refractivity contribution in [3.8, 4) is 5.69 Å². The van der Waals surface area contributed by atoms with Gasteiger partial charge in [0.15, 0.2) is 0 Å². The number of rotatable bonds is 7. The molecule has 4 heteroatoms. The first-order valence-electron chi connectivity index (χ1n) is 7.04. The molecule has 0 saturated heterocycles. The minimum Gasteiger partial charge on any atom is -0.377 e. The molecule has 2 rings (SSSR count). The number of benzene rings is 1. The quantitative estimate of drug-likeness (QED) is 0.777. The van der Waals surface area contributed by atoms with Gasteiger partial charge in [-0.15, -0.1) is 0 Å². The summed E-state index contributed by atoms with van der Waals surface area (Å²) in [7, 11) is 2.10. The molecule has 0 amide bonds. The van der Waals surface area contributed by atoms with Crippen LogP contribution in [0.3, 0.4) is 0 Å². The van der Waals surface area contributed by atoms with Gasteiger partial charge in [0.25, 0.3) is 0 Å². The molecule has 2 aromatic rings. The zero-order valence-corrected chi connectivity index (χ0v) is 12.5. The molecule has 0 aliphatic carbocycles. The van der Waals surface area contributed by atoms with Gasteiger partial charge < -0.3 is 4.74 Å². The van der Waals surface area contributed by atoms with Crippen LogP contribution in [0.5, 0.6) is 0 Å². The molecule has 0 saturated carbocycles. The van der Waals surface area contributed by atoms with E-state index >= 15 is 0 Å². The highest BCUT2D eigenvalue weighted by atomic mass is 16.5. The number of para-hydroxylation sites is 1. The third kappa shape index (κ3) is 4.47. The lowest BCUT2D eigenvalue weighted by molar-refractivity contribution is 0.0627. The van der Waals surface area contributed by atoms with Gasteiger partial charge in [0.1, 0.15) is 0 Å². The van der Waals surface area contributed by atoms with E-state index in [1.165, 1.54) is 5.56 Å². The molecule has 0 aliphatic heterocycles. The molecule has 0 atom stereocenters. The summed E-state index contributed by atoms with van der Waals surface area (Å²) in [6.07, 6.45) is 4.30. The van der Waals surface area contributed by atoms with Crippen LogP contribution in [0, 0.1) is 0 Å². The van der Waals surface area contributed by atoms with Gasteiger partial charge in [-0.25, -0.2) is 4.68 Å². The summed E-state index contributed by atoms with van der Waals surface area (Å²) in [4.78, 5) is 2.24. The van der Waals surface area contributed by atoms with E-state index in [4.69, 9.17) is 4.74 Å². The third-order valence-electron chi connectivity index (χ3n) is 3.03. The Bertz CT molecular complexity index is 507. The monoisotopic (exact) mass is 273 g/mol. The number of nitrogens with zero attached hydrogens (tertiary/aromatic N) is 3. The van der Waals surface area contributed by atoms with E-state index in [1.807, 2.05) is 29.1 Å². The topological polar surface area (TPSA) is 30.3 Å². The average molecular weight is 273 g/mol. The summed E-state index contributed by atoms with van der Waals surface area (Å²) >= 11 is 0. The Morgan fingerprint density at radius 1 is 1.25 bits per heavy atom. The highest BCUT2D eigenvalue weighted by Crippen LogP contribution is 2.09. The van der Waals surface area contributed by atoms with Gasteiger partial charge in [-0.1, -0.05) is 18.2 Å². The van der Waals surface area contributed by atoms with Crippen LogP contribution in [0.4, 0.5) is 0 Å². The molecule has 1 aromatic heterocycles. The molecular formula is C16H23N3O. The molecule has 108 valence electrons.